The van der Waals surface area contributed by atoms with Crippen LogP contribution in [0.3, 0.4) is 0 Å². The Bertz CT molecular complexity index is 518. The van der Waals surface area contributed by atoms with Crippen molar-refractivity contribution in [3.63, 3.8) is 0 Å². The second-order valence-electron chi connectivity index (χ2n) is 2.56. The average Bonchev–Trinajstić information content (AvgIpc) is 2.17. The molecular weight excluding hydrogens is 256 g/mol. The number of aromatic hydroxyl groups is 1. The Morgan fingerprint density at radius 3 is 2.12 bits per heavy atom. The molecule has 0 saturated carbocycles. The van der Waals surface area contributed by atoms with E-state index in [0.29, 0.717) is 6.07 Å². The molecular formula is C8H8O8S. The van der Waals surface area contributed by atoms with Gasteiger partial charge in [0.1, 0.15) is 11.3 Å². The van der Waals surface area contributed by atoms with Crippen LogP contribution in [0.15, 0.2) is 23.1 Å². The molecule has 0 aromatic heterocycles. The zero-order valence-corrected chi connectivity index (χ0v) is 8.96. The van der Waals surface area contributed by atoms with Gasteiger partial charge in [0, 0.05) is 0 Å². The van der Waals surface area contributed by atoms with Crippen LogP contribution in [0.25, 0.3) is 0 Å². The first-order valence-electron chi connectivity index (χ1n) is 3.85. The maximum absolute atomic E-state index is 10.6. The smallest absolute Gasteiger partial charge is 0.339 e. The Kier molecular flexibility index (Phi) is 5.09. The molecule has 0 unspecified atom stereocenters. The summed E-state index contributed by atoms with van der Waals surface area (Å²) in [7, 11) is -4.45. The molecule has 0 radical (unpaired) electrons. The molecule has 0 amide bonds. The van der Waals surface area contributed by atoms with Gasteiger partial charge in [0.05, 0.1) is 4.90 Å². The molecule has 17 heavy (non-hydrogen) atoms. The topological polar surface area (TPSA) is 149 Å². The van der Waals surface area contributed by atoms with Crippen molar-refractivity contribution in [3.05, 3.63) is 23.8 Å². The minimum absolute atomic E-state index is 0.250. The van der Waals surface area contributed by atoms with Crippen molar-refractivity contribution in [3.8, 4) is 5.75 Å². The highest BCUT2D eigenvalue weighted by Gasteiger charge is 2.16. The fraction of sp³-hybridized carbons (Fsp3) is 0. The number of rotatable bonds is 2. The lowest BCUT2D eigenvalue weighted by Gasteiger charge is -2.01. The van der Waals surface area contributed by atoms with Gasteiger partial charge in [0.15, 0.2) is 0 Å². The molecule has 94 valence electrons. The summed E-state index contributed by atoms with van der Waals surface area (Å²) in [5.41, 5.74) is -0.583. The zero-order chi connectivity index (χ0) is 13.6. The molecule has 0 atom stereocenters. The fourth-order valence-corrected chi connectivity index (χ4v) is 1.35. The van der Waals surface area contributed by atoms with Crippen molar-refractivity contribution in [1.29, 1.82) is 0 Å². The molecule has 0 bridgehead atoms. The number of benzene rings is 1. The van der Waals surface area contributed by atoms with Crippen molar-refractivity contribution in [2.45, 2.75) is 4.90 Å². The number of carboxylic acid groups (broad SMARTS) is 2. The number of hydrogen-bond acceptors (Lipinski definition) is 5. The van der Waals surface area contributed by atoms with Crippen LogP contribution in [0, 0.1) is 0 Å². The molecule has 4 N–H and O–H groups in total. The lowest BCUT2D eigenvalue weighted by atomic mass is 10.2. The van der Waals surface area contributed by atoms with Crippen LogP contribution in [0.2, 0.25) is 0 Å². The Morgan fingerprint density at radius 1 is 1.29 bits per heavy atom. The van der Waals surface area contributed by atoms with Crippen LogP contribution in [0.1, 0.15) is 10.4 Å². The Labute approximate surface area is 95.5 Å². The van der Waals surface area contributed by atoms with Gasteiger partial charge in [0.25, 0.3) is 16.6 Å². The molecule has 0 saturated heterocycles. The van der Waals surface area contributed by atoms with Gasteiger partial charge in [-0.25, -0.2) is 4.79 Å². The summed E-state index contributed by atoms with van der Waals surface area (Å²) in [6.45, 7) is -0.250. The van der Waals surface area contributed by atoms with E-state index in [1.807, 2.05) is 0 Å². The van der Waals surface area contributed by atoms with Gasteiger partial charge in [-0.1, -0.05) is 0 Å². The first-order chi connectivity index (χ1) is 7.73. The van der Waals surface area contributed by atoms with Crippen molar-refractivity contribution in [2.24, 2.45) is 0 Å². The zero-order valence-electron chi connectivity index (χ0n) is 8.14. The van der Waals surface area contributed by atoms with E-state index in [1.165, 1.54) is 0 Å². The van der Waals surface area contributed by atoms with E-state index in [-0.39, 0.29) is 6.47 Å². The van der Waals surface area contributed by atoms with E-state index >= 15 is 0 Å². The van der Waals surface area contributed by atoms with Crippen LogP contribution in [-0.4, -0.2) is 40.7 Å². The first-order valence-corrected chi connectivity index (χ1v) is 5.29. The summed E-state index contributed by atoms with van der Waals surface area (Å²) in [6.07, 6.45) is 0. The SMILES string of the molecule is O=C(O)c1cc(S(=O)(=O)O)ccc1O.O=CO. The molecule has 1 rings (SSSR count). The monoisotopic (exact) mass is 264 g/mol. The fourth-order valence-electron chi connectivity index (χ4n) is 0.847. The number of phenols is 1. The Morgan fingerprint density at radius 2 is 1.76 bits per heavy atom. The predicted molar refractivity (Wildman–Crippen MR) is 53.6 cm³/mol. The Balaban J connectivity index is 0.000000770. The van der Waals surface area contributed by atoms with Gasteiger partial charge >= 0.3 is 5.97 Å². The second kappa shape index (κ2) is 5.82. The van der Waals surface area contributed by atoms with E-state index in [4.69, 9.17) is 24.7 Å². The molecule has 0 fully saturated rings. The first kappa shape index (κ1) is 14.9. The largest absolute Gasteiger partial charge is 0.507 e. The van der Waals surface area contributed by atoms with Gasteiger partial charge < -0.3 is 15.3 Å². The van der Waals surface area contributed by atoms with Crippen LogP contribution in [0.4, 0.5) is 0 Å². The second-order valence-corrected chi connectivity index (χ2v) is 3.99. The summed E-state index contributed by atoms with van der Waals surface area (Å²) < 4.78 is 29.8. The molecule has 0 aliphatic heterocycles. The quantitative estimate of drug-likeness (QED) is 0.432. The maximum atomic E-state index is 10.6. The van der Waals surface area contributed by atoms with Crippen molar-refractivity contribution >= 4 is 22.6 Å². The van der Waals surface area contributed by atoms with Crippen molar-refractivity contribution in [1.82, 2.24) is 0 Å². The normalized spacial score (nSPS) is 9.94. The lowest BCUT2D eigenvalue weighted by molar-refractivity contribution is -0.122. The van der Waals surface area contributed by atoms with Gasteiger partial charge in [0.2, 0.25) is 0 Å². The summed E-state index contributed by atoms with van der Waals surface area (Å²) >= 11 is 0. The maximum Gasteiger partial charge on any atom is 0.339 e. The number of aromatic carboxylic acids is 1. The average molecular weight is 264 g/mol. The van der Waals surface area contributed by atoms with E-state index in [1.54, 1.807) is 0 Å². The van der Waals surface area contributed by atoms with E-state index in [0.717, 1.165) is 12.1 Å². The van der Waals surface area contributed by atoms with Crippen LogP contribution < -0.4 is 0 Å². The van der Waals surface area contributed by atoms with Crippen LogP contribution in [0.5, 0.6) is 5.75 Å². The van der Waals surface area contributed by atoms with Gasteiger partial charge in [-0.05, 0) is 18.2 Å². The molecule has 1 aromatic carbocycles. The van der Waals surface area contributed by atoms with Gasteiger partial charge in [-0.15, -0.1) is 0 Å². The predicted octanol–water partition coefficient (Wildman–Crippen LogP) is 0.0379. The Hall–Kier alpha value is -2.13. The molecule has 0 spiro atoms. The van der Waals surface area contributed by atoms with E-state index in [2.05, 4.69) is 0 Å². The van der Waals surface area contributed by atoms with E-state index < -0.39 is 32.3 Å². The molecule has 1 aromatic rings. The lowest BCUT2D eigenvalue weighted by Crippen LogP contribution is -2.02. The molecule has 0 aliphatic rings. The number of carbonyl (C=O) groups is 2. The van der Waals surface area contributed by atoms with Crippen LogP contribution >= 0.6 is 0 Å². The van der Waals surface area contributed by atoms with Crippen molar-refractivity contribution in [2.75, 3.05) is 0 Å². The molecule has 9 heteroatoms. The third kappa shape index (κ3) is 4.49. The third-order valence-electron chi connectivity index (χ3n) is 1.50. The van der Waals surface area contributed by atoms with Gasteiger partial charge in [-0.3, -0.25) is 9.35 Å². The standard InChI is InChI=1S/C7H6O6S.CH2O2/c8-6-2-1-4(14(11,12)13)3-5(6)7(9)10;2-1-3/h1-3,8H,(H,9,10)(H,11,12,13);1H,(H,2,3). The highest BCUT2D eigenvalue weighted by Crippen LogP contribution is 2.20. The van der Waals surface area contributed by atoms with Crippen molar-refractivity contribution < 1.29 is 37.9 Å². The number of hydrogen-bond donors (Lipinski definition) is 4. The minimum atomic E-state index is -4.45. The third-order valence-corrected chi connectivity index (χ3v) is 2.35. The summed E-state index contributed by atoms with van der Waals surface area (Å²) in [6, 6.07) is 2.46. The molecule has 8 nitrogen and oxygen atoms in total. The van der Waals surface area contributed by atoms with Crippen LogP contribution in [-0.2, 0) is 14.9 Å². The molecule has 0 heterocycles. The minimum Gasteiger partial charge on any atom is -0.507 e. The highest BCUT2D eigenvalue weighted by molar-refractivity contribution is 7.85. The van der Waals surface area contributed by atoms with Gasteiger partial charge in [-0.2, -0.15) is 8.42 Å². The van der Waals surface area contributed by atoms with E-state index in [9.17, 15) is 13.2 Å². The molecule has 0 aliphatic carbocycles. The summed E-state index contributed by atoms with van der Waals surface area (Å²) in [4.78, 5) is 18.2. The summed E-state index contributed by atoms with van der Waals surface area (Å²) in [5, 5.41) is 24.4. The number of carboxylic acids is 1. The summed E-state index contributed by atoms with van der Waals surface area (Å²) in [5.74, 6) is -2.04. The highest BCUT2D eigenvalue weighted by atomic mass is 32.2.